The Hall–Kier alpha value is -2.06. The number of hydrogen-bond donors (Lipinski definition) is 1. The minimum Gasteiger partial charge on any atom is -0.393 e. The van der Waals surface area contributed by atoms with Gasteiger partial charge in [-0.2, -0.15) is 21.6 Å². The summed E-state index contributed by atoms with van der Waals surface area (Å²) in [6.07, 6.45) is 4.86. The topological polar surface area (TPSA) is 63.6 Å². The van der Waals surface area contributed by atoms with Crippen LogP contribution in [0.1, 0.15) is 48.8 Å². The molecule has 0 radical (unpaired) electrons. The van der Waals surface area contributed by atoms with Gasteiger partial charge in [-0.1, -0.05) is 36.4 Å². The van der Waals surface area contributed by atoms with Crippen LogP contribution in [0.15, 0.2) is 48.5 Å². The van der Waals surface area contributed by atoms with E-state index in [0.717, 1.165) is 42.4 Å². The molecule has 1 fully saturated rings. The van der Waals surface area contributed by atoms with Crippen molar-refractivity contribution in [3.8, 4) is 5.75 Å². The maximum atomic E-state index is 12.7. The highest BCUT2D eigenvalue weighted by molar-refractivity contribution is 7.88. The van der Waals surface area contributed by atoms with Gasteiger partial charge in [-0.15, -0.1) is 0 Å². The molecule has 0 aliphatic heterocycles. The fourth-order valence-corrected chi connectivity index (χ4v) is 5.82. The van der Waals surface area contributed by atoms with E-state index in [4.69, 9.17) is 0 Å². The van der Waals surface area contributed by atoms with Gasteiger partial charge in [0.25, 0.3) is 0 Å². The lowest BCUT2D eigenvalue weighted by Gasteiger charge is -2.46. The van der Waals surface area contributed by atoms with E-state index in [0.29, 0.717) is 19.3 Å². The smallest absolute Gasteiger partial charge is 0.393 e. The Balaban J connectivity index is 1.76. The first-order chi connectivity index (χ1) is 14.6. The van der Waals surface area contributed by atoms with Crippen LogP contribution in [-0.4, -0.2) is 25.1 Å². The van der Waals surface area contributed by atoms with Crippen molar-refractivity contribution in [3.05, 3.63) is 65.2 Å². The zero-order valence-corrected chi connectivity index (χ0v) is 17.8. The van der Waals surface area contributed by atoms with Gasteiger partial charge in [-0.3, -0.25) is 0 Å². The fourth-order valence-electron chi connectivity index (χ4n) is 5.36. The lowest BCUT2D eigenvalue weighted by molar-refractivity contribution is -0.0500. The molecule has 0 bridgehead atoms. The van der Waals surface area contributed by atoms with Crippen molar-refractivity contribution in [2.75, 3.05) is 0 Å². The lowest BCUT2D eigenvalue weighted by atomic mass is 9.58. The van der Waals surface area contributed by atoms with Gasteiger partial charge in [0.15, 0.2) is 0 Å². The molecule has 8 heteroatoms. The van der Waals surface area contributed by atoms with E-state index in [9.17, 15) is 26.7 Å². The highest BCUT2D eigenvalue weighted by Gasteiger charge is 2.49. The van der Waals surface area contributed by atoms with Crippen molar-refractivity contribution in [2.24, 2.45) is 5.92 Å². The molecule has 2 aliphatic carbocycles. The number of aliphatic hydroxyl groups excluding tert-OH is 1. The first-order valence-electron chi connectivity index (χ1n) is 10.5. The van der Waals surface area contributed by atoms with Crippen molar-refractivity contribution < 1.29 is 30.9 Å². The Labute approximate surface area is 180 Å². The third-order valence-corrected chi connectivity index (χ3v) is 7.70. The molecule has 3 atom stereocenters. The molecule has 2 aromatic carbocycles. The van der Waals surface area contributed by atoms with E-state index in [-0.39, 0.29) is 23.2 Å². The number of halogens is 3. The molecule has 2 aliphatic rings. The quantitative estimate of drug-likeness (QED) is 0.528. The summed E-state index contributed by atoms with van der Waals surface area (Å²) in [6.45, 7) is 0. The van der Waals surface area contributed by atoms with Crippen LogP contribution in [0.5, 0.6) is 5.75 Å². The number of aryl methyl sites for hydroxylation is 1. The van der Waals surface area contributed by atoms with Crippen molar-refractivity contribution in [2.45, 2.75) is 62.0 Å². The van der Waals surface area contributed by atoms with Crippen LogP contribution in [0.2, 0.25) is 0 Å². The van der Waals surface area contributed by atoms with Crippen LogP contribution in [-0.2, 0) is 28.4 Å². The minimum atomic E-state index is -5.71. The van der Waals surface area contributed by atoms with Gasteiger partial charge in [0, 0.05) is 5.41 Å². The van der Waals surface area contributed by atoms with Crippen LogP contribution in [0, 0.1) is 5.92 Å². The van der Waals surface area contributed by atoms with Gasteiger partial charge in [0.05, 0.1) is 6.10 Å². The third kappa shape index (κ3) is 4.32. The van der Waals surface area contributed by atoms with Crippen molar-refractivity contribution >= 4 is 10.1 Å². The van der Waals surface area contributed by atoms with Gasteiger partial charge in [-0.05, 0) is 79.7 Å². The Bertz CT molecular complexity index is 1040. The lowest BCUT2D eigenvalue weighted by Crippen LogP contribution is -2.43. The minimum absolute atomic E-state index is 0.239. The Morgan fingerprint density at radius 2 is 1.84 bits per heavy atom. The molecule has 0 saturated heterocycles. The molecule has 1 saturated carbocycles. The molecule has 31 heavy (non-hydrogen) atoms. The van der Waals surface area contributed by atoms with Crippen molar-refractivity contribution in [3.63, 3.8) is 0 Å². The van der Waals surface area contributed by atoms with Gasteiger partial charge >= 0.3 is 15.6 Å². The predicted molar refractivity (Wildman–Crippen MR) is 110 cm³/mol. The van der Waals surface area contributed by atoms with Gasteiger partial charge in [-0.25, -0.2) is 0 Å². The van der Waals surface area contributed by atoms with Gasteiger partial charge in [0.1, 0.15) is 5.75 Å². The second-order valence-corrected chi connectivity index (χ2v) is 10.2. The second-order valence-electron chi connectivity index (χ2n) is 8.64. The fraction of sp³-hybridized carbons (Fsp3) is 0.478. The monoisotopic (exact) mass is 454 g/mol. The summed E-state index contributed by atoms with van der Waals surface area (Å²) in [7, 11) is -5.71. The van der Waals surface area contributed by atoms with E-state index < -0.39 is 15.6 Å². The average molecular weight is 455 g/mol. The van der Waals surface area contributed by atoms with Gasteiger partial charge < -0.3 is 9.29 Å². The number of benzene rings is 2. The first-order valence-corrected chi connectivity index (χ1v) is 11.9. The molecular formula is C23H25F3O4S. The maximum Gasteiger partial charge on any atom is 0.534 e. The van der Waals surface area contributed by atoms with Crippen LogP contribution in [0.3, 0.4) is 0 Å². The van der Waals surface area contributed by atoms with Crippen LogP contribution in [0.4, 0.5) is 13.2 Å². The zero-order valence-electron chi connectivity index (χ0n) is 16.9. The number of aliphatic hydroxyl groups is 1. The summed E-state index contributed by atoms with van der Waals surface area (Å²) >= 11 is 0. The van der Waals surface area contributed by atoms with Gasteiger partial charge in [0.2, 0.25) is 0 Å². The molecular weight excluding hydrogens is 429 g/mol. The predicted octanol–water partition coefficient (Wildman–Crippen LogP) is 4.89. The van der Waals surface area contributed by atoms with Crippen molar-refractivity contribution in [1.82, 2.24) is 0 Å². The largest absolute Gasteiger partial charge is 0.534 e. The first kappa shape index (κ1) is 22.1. The molecule has 168 valence electrons. The van der Waals surface area contributed by atoms with Crippen molar-refractivity contribution in [1.29, 1.82) is 0 Å². The Morgan fingerprint density at radius 3 is 2.55 bits per heavy atom. The zero-order chi connectivity index (χ0) is 22.3. The summed E-state index contributed by atoms with van der Waals surface area (Å²) in [5.74, 6) is -0.0800. The molecule has 0 spiro atoms. The number of alkyl halides is 3. The van der Waals surface area contributed by atoms with Crippen LogP contribution in [0.25, 0.3) is 0 Å². The molecule has 1 N–H and O–H groups in total. The van der Waals surface area contributed by atoms with Crippen LogP contribution >= 0.6 is 0 Å². The van der Waals surface area contributed by atoms with Crippen LogP contribution < -0.4 is 4.18 Å². The maximum absolute atomic E-state index is 12.7. The van der Waals surface area contributed by atoms with E-state index >= 15 is 0 Å². The standard InChI is InChI=1S/C23H25F3O4S/c24-23(25,26)31(28,29)30-20-9-10-21-17(13-20)7-4-8-18-14-19(27)11-12-22(18,21)15-16-5-2-1-3-6-16/h1-3,5-6,9-10,13,18-19,27H,4,7-8,11-12,14-15H2. The molecule has 0 amide bonds. The SMILES string of the molecule is O=S(=O)(Oc1ccc2c(c1)CCCC1CC(O)CCC21Cc1ccccc1)C(F)(F)F. The summed E-state index contributed by atoms with van der Waals surface area (Å²) in [4.78, 5) is 0. The second kappa shape index (κ2) is 8.13. The van der Waals surface area contributed by atoms with E-state index in [2.05, 4.69) is 16.3 Å². The number of hydrogen-bond acceptors (Lipinski definition) is 4. The molecule has 4 nitrogen and oxygen atoms in total. The Morgan fingerprint density at radius 1 is 1.10 bits per heavy atom. The van der Waals surface area contributed by atoms with E-state index in [1.54, 1.807) is 6.07 Å². The third-order valence-electron chi connectivity index (χ3n) is 6.73. The normalized spacial score (nSPS) is 26.5. The summed E-state index contributed by atoms with van der Waals surface area (Å²) < 4.78 is 65.5. The van der Waals surface area contributed by atoms with E-state index in [1.165, 1.54) is 12.1 Å². The molecule has 3 unspecified atom stereocenters. The molecule has 0 aromatic heterocycles. The summed E-state index contributed by atoms with van der Waals surface area (Å²) in [6, 6.07) is 14.5. The molecule has 2 aromatic rings. The molecule has 4 rings (SSSR count). The number of fused-ring (bicyclic) bond motifs is 3. The highest BCUT2D eigenvalue weighted by Crippen LogP contribution is 2.51. The summed E-state index contributed by atoms with van der Waals surface area (Å²) in [5, 5.41) is 10.3. The summed E-state index contributed by atoms with van der Waals surface area (Å²) in [5.41, 5.74) is -2.71. The number of rotatable bonds is 4. The molecule has 0 heterocycles. The average Bonchev–Trinajstić information content (AvgIpc) is 2.84. The van der Waals surface area contributed by atoms with E-state index in [1.807, 2.05) is 18.2 Å². The Kier molecular flexibility index (Phi) is 5.81. The highest BCUT2D eigenvalue weighted by atomic mass is 32.2.